The third-order valence-corrected chi connectivity index (χ3v) is 4.43. The van der Waals surface area contributed by atoms with Gasteiger partial charge in [-0.2, -0.15) is 0 Å². The predicted octanol–water partition coefficient (Wildman–Crippen LogP) is 3.70. The summed E-state index contributed by atoms with van der Waals surface area (Å²) in [5.74, 6) is 1.20. The number of anilines is 2. The number of nitrogens with one attached hydrogen (secondary N) is 1. The van der Waals surface area contributed by atoms with E-state index in [-0.39, 0.29) is 5.56 Å². The highest BCUT2D eigenvalue weighted by Gasteiger charge is 2.16. The Morgan fingerprint density at radius 1 is 1.14 bits per heavy atom. The molecule has 0 unspecified atom stereocenters. The summed E-state index contributed by atoms with van der Waals surface area (Å²) in [6.45, 7) is 4.19. The van der Waals surface area contributed by atoms with Gasteiger partial charge in [0.2, 0.25) is 0 Å². The van der Waals surface area contributed by atoms with Crippen molar-refractivity contribution in [3.05, 3.63) is 88.6 Å². The lowest BCUT2D eigenvalue weighted by Crippen LogP contribution is -2.23. The Morgan fingerprint density at radius 2 is 1.96 bits per heavy atom. The third kappa shape index (κ3) is 3.55. The van der Waals surface area contributed by atoms with Gasteiger partial charge in [-0.15, -0.1) is 0 Å². The molecule has 0 aliphatic heterocycles. The maximum absolute atomic E-state index is 13.1. The number of hydrogen-bond donors (Lipinski definition) is 1. The van der Waals surface area contributed by atoms with Crippen LogP contribution in [0.25, 0.3) is 11.1 Å². The van der Waals surface area contributed by atoms with E-state index in [1.165, 1.54) is 0 Å². The Morgan fingerprint density at radius 3 is 2.64 bits per heavy atom. The summed E-state index contributed by atoms with van der Waals surface area (Å²) in [4.78, 5) is 21.3. The number of rotatable bonds is 5. The van der Waals surface area contributed by atoms with Gasteiger partial charge in [-0.1, -0.05) is 35.5 Å². The molecule has 7 nitrogen and oxygen atoms in total. The van der Waals surface area contributed by atoms with E-state index in [0.717, 1.165) is 22.4 Å². The minimum absolute atomic E-state index is 0.148. The number of hydrogen-bond acceptors (Lipinski definition) is 6. The monoisotopic (exact) mass is 373 g/mol. The second kappa shape index (κ2) is 7.48. The highest BCUT2D eigenvalue weighted by Crippen LogP contribution is 2.28. The van der Waals surface area contributed by atoms with E-state index in [0.29, 0.717) is 23.8 Å². The molecule has 0 saturated heterocycles. The van der Waals surface area contributed by atoms with Gasteiger partial charge in [-0.3, -0.25) is 9.78 Å². The molecule has 0 saturated carbocycles. The van der Waals surface area contributed by atoms with Crippen molar-refractivity contribution in [2.75, 3.05) is 5.32 Å². The fraction of sp³-hybridized carbons (Fsp3) is 0.143. The van der Waals surface area contributed by atoms with Gasteiger partial charge in [0.15, 0.2) is 0 Å². The van der Waals surface area contributed by atoms with Crippen LogP contribution in [0.3, 0.4) is 0 Å². The summed E-state index contributed by atoms with van der Waals surface area (Å²) in [5.41, 5.74) is 3.79. The zero-order valence-corrected chi connectivity index (χ0v) is 15.6. The quantitative estimate of drug-likeness (QED) is 0.574. The zero-order valence-electron chi connectivity index (χ0n) is 15.6. The second-order valence-corrected chi connectivity index (χ2v) is 6.48. The third-order valence-electron chi connectivity index (χ3n) is 4.43. The maximum Gasteiger partial charge on any atom is 0.274 e. The highest BCUT2D eigenvalue weighted by molar-refractivity contribution is 5.71. The molecule has 0 radical (unpaired) electrons. The molecule has 0 fully saturated rings. The molecule has 4 aromatic rings. The largest absolute Gasteiger partial charge is 0.361 e. The van der Waals surface area contributed by atoms with Crippen LogP contribution in [0.1, 0.15) is 17.0 Å². The standard InChI is InChI=1S/C21H19N5O2/c1-14-20(15(2)28-25-14)17-10-18(24-19-11-22-8-9-23-19)21(27)26(13-17)12-16-6-4-3-5-7-16/h3-11,13H,12H2,1-2H3,(H,23,24). The topological polar surface area (TPSA) is 85.8 Å². The number of benzene rings is 1. The molecular formula is C21H19N5O2. The van der Waals surface area contributed by atoms with Crippen LogP contribution in [0.5, 0.6) is 0 Å². The molecular weight excluding hydrogens is 354 g/mol. The number of nitrogens with zero attached hydrogens (tertiary/aromatic N) is 4. The van der Waals surface area contributed by atoms with Crippen LogP contribution in [0.4, 0.5) is 11.5 Å². The van der Waals surface area contributed by atoms with Gasteiger partial charge in [0, 0.05) is 29.7 Å². The van der Waals surface area contributed by atoms with Crippen molar-refractivity contribution in [3.8, 4) is 11.1 Å². The van der Waals surface area contributed by atoms with E-state index in [1.807, 2.05) is 50.4 Å². The maximum atomic E-state index is 13.1. The average Bonchev–Trinajstić information content (AvgIpc) is 3.05. The lowest BCUT2D eigenvalue weighted by Gasteiger charge is -2.13. The number of pyridine rings is 1. The molecule has 1 N–H and O–H groups in total. The van der Waals surface area contributed by atoms with Gasteiger partial charge >= 0.3 is 0 Å². The molecule has 0 amide bonds. The lowest BCUT2D eigenvalue weighted by molar-refractivity contribution is 0.393. The van der Waals surface area contributed by atoms with Gasteiger partial charge in [0.25, 0.3) is 5.56 Å². The van der Waals surface area contributed by atoms with Gasteiger partial charge in [-0.25, -0.2) is 4.98 Å². The van der Waals surface area contributed by atoms with Crippen LogP contribution in [0.2, 0.25) is 0 Å². The van der Waals surface area contributed by atoms with Crippen LogP contribution in [0, 0.1) is 13.8 Å². The minimum atomic E-state index is -0.148. The summed E-state index contributed by atoms with van der Waals surface area (Å²) < 4.78 is 6.99. The van der Waals surface area contributed by atoms with Crippen LogP contribution in [0.15, 0.2) is 70.5 Å². The van der Waals surface area contributed by atoms with Crippen molar-refractivity contribution < 1.29 is 4.52 Å². The van der Waals surface area contributed by atoms with Crippen molar-refractivity contribution in [1.82, 2.24) is 19.7 Å². The van der Waals surface area contributed by atoms with Crippen molar-refractivity contribution in [1.29, 1.82) is 0 Å². The molecule has 0 aliphatic carbocycles. The average molecular weight is 373 g/mol. The second-order valence-electron chi connectivity index (χ2n) is 6.48. The van der Waals surface area contributed by atoms with Gasteiger partial charge in [0.05, 0.1) is 18.4 Å². The molecule has 0 bridgehead atoms. The van der Waals surface area contributed by atoms with Crippen LogP contribution >= 0.6 is 0 Å². The smallest absolute Gasteiger partial charge is 0.274 e. The molecule has 0 atom stereocenters. The first-order chi connectivity index (χ1) is 13.6. The fourth-order valence-corrected chi connectivity index (χ4v) is 3.16. The van der Waals surface area contributed by atoms with Gasteiger partial charge < -0.3 is 14.4 Å². The summed E-state index contributed by atoms with van der Waals surface area (Å²) in [6.07, 6.45) is 6.56. The van der Waals surface area contributed by atoms with Crippen LogP contribution in [-0.4, -0.2) is 19.7 Å². The van der Waals surface area contributed by atoms with Crippen molar-refractivity contribution >= 4 is 11.5 Å². The normalized spacial score (nSPS) is 10.8. The van der Waals surface area contributed by atoms with E-state index in [2.05, 4.69) is 20.4 Å². The number of aromatic nitrogens is 4. The SMILES string of the molecule is Cc1noc(C)c1-c1cc(Nc2cnccn2)c(=O)n(Cc2ccccc2)c1. The van der Waals surface area contributed by atoms with Gasteiger partial charge in [-0.05, 0) is 25.5 Å². The van der Waals surface area contributed by atoms with E-state index < -0.39 is 0 Å². The number of aryl methyl sites for hydroxylation is 2. The molecule has 140 valence electrons. The summed E-state index contributed by atoms with van der Waals surface area (Å²) in [5, 5.41) is 7.12. The Kier molecular flexibility index (Phi) is 4.72. The van der Waals surface area contributed by atoms with Crippen molar-refractivity contribution in [2.24, 2.45) is 0 Å². The molecule has 3 heterocycles. The van der Waals surface area contributed by atoms with Crippen LogP contribution < -0.4 is 10.9 Å². The Labute approximate surface area is 161 Å². The molecule has 7 heteroatoms. The Bertz CT molecular complexity index is 1070. The van der Waals surface area contributed by atoms with Gasteiger partial charge in [0.1, 0.15) is 17.3 Å². The molecule has 0 aliphatic rings. The molecule has 3 aromatic heterocycles. The molecule has 1 aromatic carbocycles. The lowest BCUT2D eigenvalue weighted by atomic mass is 10.1. The summed E-state index contributed by atoms with van der Waals surface area (Å²) in [6, 6.07) is 11.6. The highest BCUT2D eigenvalue weighted by atomic mass is 16.5. The van der Waals surface area contributed by atoms with E-state index in [9.17, 15) is 4.79 Å². The first-order valence-electron chi connectivity index (χ1n) is 8.86. The Balaban J connectivity index is 1.84. The molecule has 0 spiro atoms. The summed E-state index contributed by atoms with van der Waals surface area (Å²) >= 11 is 0. The predicted molar refractivity (Wildman–Crippen MR) is 107 cm³/mol. The van der Waals surface area contributed by atoms with Crippen molar-refractivity contribution in [3.63, 3.8) is 0 Å². The Hall–Kier alpha value is -3.74. The minimum Gasteiger partial charge on any atom is -0.361 e. The van der Waals surface area contributed by atoms with E-state index >= 15 is 0 Å². The first-order valence-corrected chi connectivity index (χ1v) is 8.86. The first kappa shape index (κ1) is 17.7. The zero-order chi connectivity index (χ0) is 19.5. The molecule has 4 rings (SSSR count). The van der Waals surface area contributed by atoms with E-state index in [4.69, 9.17) is 4.52 Å². The summed E-state index contributed by atoms with van der Waals surface area (Å²) in [7, 11) is 0. The molecule has 28 heavy (non-hydrogen) atoms. The fourth-order valence-electron chi connectivity index (χ4n) is 3.16. The van der Waals surface area contributed by atoms with Crippen LogP contribution in [-0.2, 0) is 6.54 Å². The van der Waals surface area contributed by atoms with Crippen molar-refractivity contribution in [2.45, 2.75) is 20.4 Å². The van der Waals surface area contributed by atoms with E-state index in [1.54, 1.807) is 29.2 Å².